The number of carboxylic acids is 1. The maximum atomic E-state index is 14.0. The summed E-state index contributed by atoms with van der Waals surface area (Å²) in [4.78, 5) is 98.2. The number of nitrogens with two attached hydrogens (primary N) is 3. The van der Waals surface area contributed by atoms with Gasteiger partial charge in [0.2, 0.25) is 35.4 Å². The molecule has 51 heavy (non-hydrogen) atoms. The minimum absolute atomic E-state index is 0.0195. The average Bonchev–Trinajstić information content (AvgIpc) is 3.74. The van der Waals surface area contributed by atoms with E-state index in [0.29, 0.717) is 32.1 Å². The highest BCUT2D eigenvalue weighted by atomic mass is 16.4. The Kier molecular flexibility index (Phi) is 16.6. The first kappa shape index (κ1) is 42.7. The van der Waals surface area contributed by atoms with Crippen molar-refractivity contribution in [2.24, 2.45) is 34.0 Å². The summed E-state index contributed by atoms with van der Waals surface area (Å²) in [6, 6.07) is -6.89. The van der Waals surface area contributed by atoms with Gasteiger partial charge in [0.05, 0.1) is 6.04 Å². The SMILES string of the molecule is CC(C)C[C@H](NC(=O)[C@@H]1CCCN1C(=O)[C@H](C)NC(=O)[C@@H]1CCCN1C(=O)[C@H](CCCN=C(N)N)NC(=O)[C@@H](NC(=O)[C@H](C)N)C(C)C)C(=O)O. The van der Waals surface area contributed by atoms with Gasteiger partial charge in [0.25, 0.3) is 0 Å². The summed E-state index contributed by atoms with van der Waals surface area (Å²) in [6.07, 6.45) is 2.36. The van der Waals surface area contributed by atoms with E-state index in [1.165, 1.54) is 23.6 Å². The highest BCUT2D eigenvalue weighted by Gasteiger charge is 2.41. The Morgan fingerprint density at radius 1 is 0.765 bits per heavy atom. The summed E-state index contributed by atoms with van der Waals surface area (Å²) in [7, 11) is 0. The number of nitrogens with zero attached hydrogens (tertiary/aromatic N) is 3. The van der Waals surface area contributed by atoms with Crippen molar-refractivity contribution in [1.82, 2.24) is 31.1 Å². The van der Waals surface area contributed by atoms with Crippen LogP contribution in [-0.4, -0.2) is 124 Å². The van der Waals surface area contributed by atoms with Crippen molar-refractivity contribution in [3.8, 4) is 0 Å². The number of hydrogen-bond acceptors (Lipinski definition) is 9. The number of nitrogens with one attached hydrogen (secondary N) is 4. The fraction of sp³-hybridized carbons (Fsp3) is 0.758. The van der Waals surface area contributed by atoms with Gasteiger partial charge in [-0.3, -0.25) is 33.8 Å². The lowest BCUT2D eigenvalue weighted by Crippen LogP contribution is -2.59. The topological polar surface area (TPSA) is 285 Å². The molecular weight excluding hydrogens is 664 g/mol. The molecule has 0 saturated carbocycles. The van der Waals surface area contributed by atoms with E-state index in [0.717, 1.165) is 0 Å². The maximum Gasteiger partial charge on any atom is 0.326 e. The Morgan fingerprint density at radius 3 is 1.80 bits per heavy atom. The fourth-order valence-corrected chi connectivity index (χ4v) is 6.23. The van der Waals surface area contributed by atoms with Gasteiger partial charge in [-0.25, -0.2) is 4.79 Å². The molecule has 18 nitrogen and oxygen atoms in total. The van der Waals surface area contributed by atoms with Gasteiger partial charge in [0, 0.05) is 19.6 Å². The summed E-state index contributed by atoms with van der Waals surface area (Å²) in [5.41, 5.74) is 16.5. The minimum Gasteiger partial charge on any atom is -0.480 e. The van der Waals surface area contributed by atoms with Gasteiger partial charge in [-0.1, -0.05) is 27.7 Å². The molecule has 2 fully saturated rings. The molecule has 2 aliphatic rings. The van der Waals surface area contributed by atoms with Gasteiger partial charge >= 0.3 is 5.97 Å². The molecule has 0 aliphatic carbocycles. The van der Waals surface area contributed by atoms with Crippen LogP contribution in [0.25, 0.3) is 0 Å². The standard InChI is InChI=1S/C33H58N10O8/c1-17(2)16-22(32(50)51)40-28(46)24-12-8-14-42(24)30(48)20(6)38-27(45)23-11-9-15-43(23)31(49)21(10-7-13-37-33(35)36)39-29(47)25(18(3)4)41-26(44)19(5)34/h17-25H,7-16,34H2,1-6H3,(H,38,45)(H,39,47)(H,40,46)(H,41,44)(H,50,51)(H4,35,36,37)/t19-,20-,21-,22-,23-,24-,25-/m0/s1. The second kappa shape index (κ2) is 19.8. The number of carbonyl (C=O) groups excluding carboxylic acids is 6. The lowest BCUT2D eigenvalue weighted by molar-refractivity contribution is -0.145. The van der Waals surface area contributed by atoms with Gasteiger partial charge in [0.1, 0.15) is 36.3 Å². The van der Waals surface area contributed by atoms with E-state index in [2.05, 4.69) is 26.3 Å². The second-order valence-corrected chi connectivity index (χ2v) is 14.2. The molecule has 11 N–H and O–H groups in total. The number of guanidine groups is 1. The third-order valence-corrected chi connectivity index (χ3v) is 8.95. The van der Waals surface area contributed by atoms with Crippen LogP contribution in [0.2, 0.25) is 0 Å². The van der Waals surface area contributed by atoms with Crippen molar-refractivity contribution in [2.45, 2.75) is 129 Å². The first-order valence-electron chi connectivity index (χ1n) is 17.7. The fourth-order valence-electron chi connectivity index (χ4n) is 6.23. The van der Waals surface area contributed by atoms with Gasteiger partial charge in [0.15, 0.2) is 5.96 Å². The number of aliphatic imine (C=N–C) groups is 1. The predicted molar refractivity (Wildman–Crippen MR) is 188 cm³/mol. The van der Waals surface area contributed by atoms with Crippen LogP contribution >= 0.6 is 0 Å². The first-order chi connectivity index (χ1) is 23.8. The van der Waals surface area contributed by atoms with Crippen molar-refractivity contribution >= 4 is 47.4 Å². The summed E-state index contributed by atoms with van der Waals surface area (Å²) in [6.45, 7) is 10.8. The Balaban J connectivity index is 2.17. The monoisotopic (exact) mass is 722 g/mol. The molecule has 2 heterocycles. The summed E-state index contributed by atoms with van der Waals surface area (Å²) >= 11 is 0. The van der Waals surface area contributed by atoms with Crippen LogP contribution in [0, 0.1) is 11.8 Å². The van der Waals surface area contributed by atoms with Gasteiger partial charge < -0.3 is 53.4 Å². The number of likely N-dealkylation sites (tertiary alicyclic amines) is 2. The Morgan fingerprint density at radius 2 is 1.31 bits per heavy atom. The third kappa shape index (κ3) is 12.7. The smallest absolute Gasteiger partial charge is 0.326 e. The molecule has 0 aromatic carbocycles. The quantitative estimate of drug-likeness (QED) is 0.0440. The van der Waals surface area contributed by atoms with E-state index >= 15 is 0 Å². The highest BCUT2D eigenvalue weighted by molar-refractivity contribution is 5.97. The number of carbonyl (C=O) groups is 7. The Hall–Kier alpha value is -4.48. The molecule has 2 aliphatic heterocycles. The van der Waals surface area contributed by atoms with Gasteiger partial charge in [-0.2, -0.15) is 0 Å². The molecular formula is C33H58N10O8. The van der Waals surface area contributed by atoms with Crippen LogP contribution in [-0.2, 0) is 33.6 Å². The van der Waals surface area contributed by atoms with E-state index in [9.17, 15) is 38.7 Å². The van der Waals surface area contributed by atoms with E-state index < -0.39 is 83.7 Å². The molecule has 2 rings (SSSR count). The molecule has 2 saturated heterocycles. The van der Waals surface area contributed by atoms with Crippen molar-refractivity contribution < 1.29 is 38.7 Å². The van der Waals surface area contributed by atoms with E-state index in [-0.39, 0.29) is 50.3 Å². The summed E-state index contributed by atoms with van der Waals surface area (Å²) in [5, 5.41) is 20.2. The molecule has 0 bridgehead atoms. The number of amides is 6. The van der Waals surface area contributed by atoms with E-state index in [1.54, 1.807) is 13.8 Å². The number of aliphatic carboxylic acids is 1. The van der Waals surface area contributed by atoms with Crippen molar-refractivity contribution in [3.63, 3.8) is 0 Å². The zero-order chi connectivity index (χ0) is 38.6. The van der Waals surface area contributed by atoms with Crippen molar-refractivity contribution in [3.05, 3.63) is 0 Å². The zero-order valence-electron chi connectivity index (χ0n) is 30.6. The number of hydrogen-bond donors (Lipinski definition) is 8. The maximum absolute atomic E-state index is 14.0. The van der Waals surface area contributed by atoms with Crippen LogP contribution in [0.15, 0.2) is 4.99 Å². The van der Waals surface area contributed by atoms with Crippen molar-refractivity contribution in [2.75, 3.05) is 19.6 Å². The van der Waals surface area contributed by atoms with E-state index in [4.69, 9.17) is 17.2 Å². The Labute approximate surface area is 299 Å². The van der Waals surface area contributed by atoms with Gasteiger partial charge in [-0.15, -0.1) is 0 Å². The lowest BCUT2D eigenvalue weighted by atomic mass is 10.0. The third-order valence-electron chi connectivity index (χ3n) is 8.95. The molecule has 0 unspecified atom stereocenters. The van der Waals surface area contributed by atoms with Crippen LogP contribution in [0.4, 0.5) is 0 Å². The largest absolute Gasteiger partial charge is 0.480 e. The highest BCUT2D eigenvalue weighted by Crippen LogP contribution is 2.22. The second-order valence-electron chi connectivity index (χ2n) is 14.2. The number of carboxylic acid groups (broad SMARTS) is 1. The summed E-state index contributed by atoms with van der Waals surface area (Å²) in [5.74, 6) is -4.89. The lowest BCUT2D eigenvalue weighted by Gasteiger charge is -2.32. The Bertz CT molecular complexity index is 1300. The van der Waals surface area contributed by atoms with Crippen molar-refractivity contribution in [1.29, 1.82) is 0 Å². The molecule has 0 radical (unpaired) electrons. The summed E-state index contributed by atoms with van der Waals surface area (Å²) < 4.78 is 0. The molecule has 288 valence electrons. The molecule has 6 amide bonds. The number of rotatable bonds is 18. The van der Waals surface area contributed by atoms with Crippen LogP contribution < -0.4 is 38.5 Å². The van der Waals surface area contributed by atoms with Crippen LogP contribution in [0.3, 0.4) is 0 Å². The minimum atomic E-state index is -1.16. The molecule has 18 heteroatoms. The molecule has 7 atom stereocenters. The zero-order valence-corrected chi connectivity index (χ0v) is 30.6. The molecule has 0 aromatic rings. The normalized spacial score (nSPS) is 20.2. The average molecular weight is 723 g/mol. The molecule has 0 spiro atoms. The van der Waals surface area contributed by atoms with Crippen LogP contribution in [0.5, 0.6) is 0 Å². The van der Waals surface area contributed by atoms with Gasteiger partial charge in [-0.05, 0) is 70.6 Å². The van der Waals surface area contributed by atoms with E-state index in [1.807, 2.05) is 13.8 Å². The van der Waals surface area contributed by atoms with Crippen LogP contribution in [0.1, 0.15) is 86.5 Å². The predicted octanol–water partition coefficient (Wildman–Crippen LogP) is -1.89. The first-order valence-corrected chi connectivity index (χ1v) is 17.7. The molecule has 0 aromatic heterocycles.